The van der Waals surface area contributed by atoms with Crippen molar-refractivity contribution < 1.29 is 0 Å². The van der Waals surface area contributed by atoms with Crippen molar-refractivity contribution in [3.8, 4) is 0 Å². The average molecular weight is 204 g/mol. The molecule has 0 saturated carbocycles. The zero-order valence-corrected chi connectivity index (χ0v) is 7.58. The molecule has 0 nitrogen and oxygen atoms in total. The van der Waals surface area contributed by atoms with Gasteiger partial charge in [0, 0.05) is 0 Å². The Morgan fingerprint density at radius 3 is 2.00 bits per heavy atom. The normalized spacial score (nSPS) is 19.8. The number of hydrogen-bond acceptors (Lipinski definition) is 0. The van der Waals surface area contributed by atoms with Crippen molar-refractivity contribution in [3.63, 3.8) is 0 Å². The molecule has 0 N–H and O–H groups in total. The van der Waals surface area contributed by atoms with Gasteiger partial charge in [0.2, 0.25) is 0 Å². The van der Waals surface area contributed by atoms with Crippen molar-refractivity contribution in [2.24, 2.45) is 0 Å². The van der Waals surface area contributed by atoms with Gasteiger partial charge >= 0.3 is 49.3 Å². The van der Waals surface area contributed by atoms with Crippen LogP contribution in [0.1, 0.15) is 0 Å². The predicted octanol–water partition coefficient (Wildman–Crippen LogP) is 1.79. The Morgan fingerprint density at radius 1 is 1.33 bits per heavy atom. The van der Waals surface area contributed by atoms with Crippen LogP contribution in [0.4, 0.5) is 0 Å². The molecule has 0 radical (unpaired) electrons. The molecule has 0 unspecified atom stereocenters. The first-order valence-corrected chi connectivity index (χ1v) is 11.0. The Balaban J connectivity index is 2.32. The van der Waals surface area contributed by atoms with Crippen LogP contribution in [0.15, 0.2) is 12.2 Å². The maximum atomic E-state index is 5.86. The van der Waals surface area contributed by atoms with Crippen molar-refractivity contribution in [2.75, 3.05) is 0 Å². The number of allylic oxidation sites excluding steroid dienone is 2. The summed E-state index contributed by atoms with van der Waals surface area (Å²) in [5.74, 6) is 0. The third kappa shape index (κ3) is 1.19. The average Bonchev–Trinajstić information content (AvgIpc) is 1.86. The summed E-state index contributed by atoms with van der Waals surface area (Å²) >= 11 is -1.25. The summed E-state index contributed by atoms with van der Waals surface area (Å²) in [4.78, 5) is 0. The van der Waals surface area contributed by atoms with Crippen molar-refractivity contribution in [2.45, 2.75) is 8.35 Å². The molecule has 6 heavy (non-hydrogen) atoms. The summed E-state index contributed by atoms with van der Waals surface area (Å²) in [6.07, 6.45) is 4.43. The van der Waals surface area contributed by atoms with Crippen LogP contribution in [0.5, 0.6) is 0 Å². The summed E-state index contributed by atoms with van der Waals surface area (Å²) in [5.41, 5.74) is 0. The van der Waals surface area contributed by atoms with Gasteiger partial charge in [-0.1, -0.05) is 0 Å². The Bertz CT molecular complexity index is 61.9. The van der Waals surface area contributed by atoms with Gasteiger partial charge in [0.1, 0.15) is 0 Å². The SMILES string of the molecule is [Cl][In]1[CH2]C=C[CH2]1. The molecule has 0 bridgehead atoms. The minimum atomic E-state index is -1.25. The van der Waals surface area contributed by atoms with Crippen LogP contribution in [0.3, 0.4) is 0 Å². The number of hydrogen-bond donors (Lipinski definition) is 0. The molecule has 0 spiro atoms. The van der Waals surface area contributed by atoms with Gasteiger partial charge in [-0.05, 0) is 0 Å². The molecule has 0 aromatic carbocycles. The van der Waals surface area contributed by atoms with Crippen LogP contribution in [0.25, 0.3) is 0 Å². The summed E-state index contributed by atoms with van der Waals surface area (Å²) in [6.45, 7) is 0. The third-order valence-electron chi connectivity index (χ3n) is 0.950. The molecule has 0 aromatic rings. The molecule has 1 aliphatic rings. The Kier molecular flexibility index (Phi) is 1.91. The van der Waals surface area contributed by atoms with Gasteiger partial charge in [-0.3, -0.25) is 0 Å². The zero-order valence-electron chi connectivity index (χ0n) is 3.52. The summed E-state index contributed by atoms with van der Waals surface area (Å²) in [6, 6.07) is 0. The zero-order chi connectivity index (χ0) is 4.41. The van der Waals surface area contributed by atoms with E-state index in [-0.39, 0.29) is 0 Å². The molecule has 1 aliphatic heterocycles. The Hall–Kier alpha value is 0.900. The maximum absolute atomic E-state index is 5.86. The van der Waals surface area contributed by atoms with Gasteiger partial charge in [-0.25, -0.2) is 0 Å². The molecule has 32 valence electrons. The molecule has 0 atom stereocenters. The first-order valence-electron chi connectivity index (χ1n) is 2.18. The molecule has 1 rings (SSSR count). The van der Waals surface area contributed by atoms with E-state index >= 15 is 0 Å². The van der Waals surface area contributed by atoms with E-state index in [1.54, 1.807) is 0 Å². The topological polar surface area (TPSA) is 0 Å². The molecule has 0 aromatic heterocycles. The second kappa shape index (κ2) is 2.27. The Labute approximate surface area is 49.3 Å². The van der Waals surface area contributed by atoms with E-state index in [1.165, 1.54) is 8.35 Å². The van der Waals surface area contributed by atoms with Crippen molar-refractivity contribution in [3.05, 3.63) is 12.2 Å². The van der Waals surface area contributed by atoms with Crippen LogP contribution in [-0.4, -0.2) is 20.3 Å². The summed E-state index contributed by atoms with van der Waals surface area (Å²) < 4.78 is 2.56. The van der Waals surface area contributed by atoms with Crippen molar-refractivity contribution >= 4 is 28.8 Å². The minimum absolute atomic E-state index is 1.25. The van der Waals surface area contributed by atoms with Crippen molar-refractivity contribution in [1.29, 1.82) is 0 Å². The van der Waals surface area contributed by atoms with E-state index in [0.717, 1.165) is 0 Å². The first-order chi connectivity index (χ1) is 2.89. The van der Waals surface area contributed by atoms with Crippen LogP contribution >= 0.6 is 8.58 Å². The number of rotatable bonds is 0. The first kappa shape index (κ1) is 5.05. The molecule has 0 fully saturated rings. The fourth-order valence-corrected chi connectivity index (χ4v) is 5.30. The molecule has 0 aliphatic carbocycles. The number of halogens is 1. The van der Waals surface area contributed by atoms with Gasteiger partial charge in [0.25, 0.3) is 0 Å². The Morgan fingerprint density at radius 2 is 1.83 bits per heavy atom. The molecule has 0 saturated heterocycles. The summed E-state index contributed by atoms with van der Waals surface area (Å²) in [7, 11) is 5.86. The van der Waals surface area contributed by atoms with E-state index < -0.39 is 20.3 Å². The second-order valence-corrected chi connectivity index (χ2v) is 11.8. The quantitative estimate of drug-likeness (QED) is 0.528. The van der Waals surface area contributed by atoms with E-state index in [4.69, 9.17) is 8.58 Å². The third-order valence-corrected chi connectivity index (χ3v) is 7.81. The standard InChI is InChI=1S/C4H6.ClH.In/c1-3-4-2;;/h3-4H,1-2H2;1H;/q;;+1/p-1. The van der Waals surface area contributed by atoms with Gasteiger partial charge in [0.05, 0.1) is 0 Å². The fraction of sp³-hybridized carbons (Fsp3) is 0.500. The van der Waals surface area contributed by atoms with Crippen LogP contribution in [0, 0.1) is 0 Å². The predicted molar refractivity (Wildman–Crippen MR) is 30.4 cm³/mol. The van der Waals surface area contributed by atoms with E-state index in [9.17, 15) is 0 Å². The monoisotopic (exact) mass is 204 g/mol. The summed E-state index contributed by atoms with van der Waals surface area (Å²) in [5, 5.41) is 0. The van der Waals surface area contributed by atoms with Crippen molar-refractivity contribution in [1.82, 2.24) is 0 Å². The van der Waals surface area contributed by atoms with Crippen LogP contribution in [-0.2, 0) is 0 Å². The van der Waals surface area contributed by atoms with Gasteiger partial charge in [0.15, 0.2) is 0 Å². The molecular formula is C4H6ClIn. The molecule has 2 heteroatoms. The molecule has 0 amide bonds. The van der Waals surface area contributed by atoms with E-state index in [0.29, 0.717) is 0 Å². The fourth-order valence-electron chi connectivity index (χ4n) is 0.584. The second-order valence-electron chi connectivity index (χ2n) is 1.54. The van der Waals surface area contributed by atoms with Gasteiger partial charge < -0.3 is 0 Å². The molecule has 1 heterocycles. The van der Waals surface area contributed by atoms with E-state index in [2.05, 4.69) is 12.2 Å². The van der Waals surface area contributed by atoms with Gasteiger partial charge in [-0.2, -0.15) is 0 Å². The van der Waals surface area contributed by atoms with Crippen LogP contribution < -0.4 is 0 Å². The molecular weight excluding hydrogens is 198 g/mol. The van der Waals surface area contributed by atoms with Gasteiger partial charge in [-0.15, -0.1) is 0 Å². The van der Waals surface area contributed by atoms with Crippen LogP contribution in [0.2, 0.25) is 8.35 Å². The van der Waals surface area contributed by atoms with E-state index in [1.807, 2.05) is 0 Å².